The maximum atomic E-state index is 13.2. The summed E-state index contributed by atoms with van der Waals surface area (Å²) in [6, 6.07) is 13.1. The van der Waals surface area contributed by atoms with Gasteiger partial charge in [0.15, 0.2) is 5.71 Å². The van der Waals surface area contributed by atoms with E-state index in [-0.39, 0.29) is 18.1 Å². The predicted octanol–water partition coefficient (Wildman–Crippen LogP) is 2.55. The molecule has 0 atom stereocenters. The third kappa shape index (κ3) is 1.93. The van der Waals surface area contributed by atoms with E-state index in [2.05, 4.69) is 5.16 Å². The van der Waals surface area contributed by atoms with E-state index in [4.69, 9.17) is 5.21 Å². The minimum Gasteiger partial charge on any atom is -0.410 e. The Morgan fingerprint density at radius 1 is 1.15 bits per heavy atom. The number of amides is 1. The fourth-order valence-corrected chi connectivity index (χ4v) is 2.33. The molecule has 5 heteroatoms. The van der Waals surface area contributed by atoms with Crippen LogP contribution in [0.15, 0.2) is 53.7 Å². The first kappa shape index (κ1) is 12.3. The Morgan fingerprint density at radius 2 is 1.95 bits per heavy atom. The zero-order valence-corrected chi connectivity index (χ0v) is 10.5. The number of carbonyl (C=O) groups excluding carboxylic acids is 1. The highest BCUT2D eigenvalue weighted by molar-refractivity contribution is 6.54. The molecule has 0 bridgehead atoms. The molecule has 1 N–H and O–H groups in total. The van der Waals surface area contributed by atoms with Crippen molar-refractivity contribution in [3.05, 3.63) is 65.5 Å². The second-order valence-electron chi connectivity index (χ2n) is 4.49. The SMILES string of the molecule is O=C1/C(=N\O)c2ccccc2N1Cc1cccc(F)c1. The van der Waals surface area contributed by atoms with Gasteiger partial charge >= 0.3 is 0 Å². The molecule has 1 aliphatic rings. The molecule has 0 aliphatic carbocycles. The normalized spacial score (nSPS) is 15.8. The fourth-order valence-electron chi connectivity index (χ4n) is 2.33. The summed E-state index contributed by atoms with van der Waals surface area (Å²) in [4.78, 5) is 13.7. The summed E-state index contributed by atoms with van der Waals surface area (Å²) in [5, 5.41) is 12.1. The molecule has 0 spiro atoms. The lowest BCUT2D eigenvalue weighted by Crippen LogP contribution is -2.29. The summed E-state index contributed by atoms with van der Waals surface area (Å²) < 4.78 is 13.2. The minimum absolute atomic E-state index is 0.0111. The number of para-hydroxylation sites is 1. The van der Waals surface area contributed by atoms with Crippen LogP contribution in [0.2, 0.25) is 0 Å². The number of carbonyl (C=O) groups is 1. The summed E-state index contributed by atoms with van der Waals surface area (Å²) >= 11 is 0. The number of fused-ring (bicyclic) bond motifs is 1. The highest BCUT2D eigenvalue weighted by Crippen LogP contribution is 2.30. The van der Waals surface area contributed by atoms with Gasteiger partial charge in [-0.1, -0.05) is 35.5 Å². The van der Waals surface area contributed by atoms with Crippen molar-refractivity contribution in [3.8, 4) is 0 Å². The van der Waals surface area contributed by atoms with Crippen molar-refractivity contribution in [2.45, 2.75) is 6.54 Å². The first-order valence-corrected chi connectivity index (χ1v) is 6.08. The Morgan fingerprint density at radius 3 is 2.70 bits per heavy atom. The molecule has 20 heavy (non-hydrogen) atoms. The van der Waals surface area contributed by atoms with Crippen molar-refractivity contribution in [1.29, 1.82) is 0 Å². The minimum atomic E-state index is -0.391. The van der Waals surface area contributed by atoms with Gasteiger partial charge < -0.3 is 10.1 Å². The van der Waals surface area contributed by atoms with E-state index in [0.717, 1.165) is 0 Å². The standard InChI is InChI=1S/C15H11FN2O2/c16-11-5-3-4-10(8-11)9-18-13-7-2-1-6-12(13)14(17-20)15(18)19/h1-8,20H,9H2/b17-14-. The van der Waals surface area contributed by atoms with Gasteiger partial charge in [0, 0.05) is 5.56 Å². The van der Waals surface area contributed by atoms with E-state index in [0.29, 0.717) is 16.8 Å². The predicted molar refractivity (Wildman–Crippen MR) is 72.4 cm³/mol. The molecule has 0 fully saturated rings. The largest absolute Gasteiger partial charge is 0.410 e. The molecule has 0 saturated carbocycles. The number of anilines is 1. The van der Waals surface area contributed by atoms with E-state index in [9.17, 15) is 9.18 Å². The van der Waals surface area contributed by atoms with E-state index >= 15 is 0 Å². The van der Waals surface area contributed by atoms with Crippen molar-refractivity contribution in [3.63, 3.8) is 0 Å². The van der Waals surface area contributed by atoms with E-state index in [1.807, 2.05) is 0 Å². The van der Waals surface area contributed by atoms with Crippen molar-refractivity contribution >= 4 is 17.3 Å². The third-order valence-electron chi connectivity index (χ3n) is 3.23. The molecule has 0 saturated heterocycles. The molecule has 1 heterocycles. The number of hydrogen-bond acceptors (Lipinski definition) is 3. The number of nitrogens with zero attached hydrogens (tertiary/aromatic N) is 2. The summed E-state index contributed by atoms with van der Waals surface area (Å²) in [7, 11) is 0. The van der Waals surface area contributed by atoms with Crippen LogP contribution in [0.1, 0.15) is 11.1 Å². The Bertz CT molecular complexity index is 713. The maximum Gasteiger partial charge on any atom is 0.281 e. The third-order valence-corrected chi connectivity index (χ3v) is 3.23. The van der Waals surface area contributed by atoms with Crippen molar-refractivity contribution in [2.24, 2.45) is 5.16 Å². The molecule has 100 valence electrons. The molecule has 1 aliphatic heterocycles. The lowest BCUT2D eigenvalue weighted by atomic mass is 10.1. The molecule has 0 radical (unpaired) electrons. The number of oxime groups is 1. The van der Waals surface area contributed by atoms with E-state index in [1.54, 1.807) is 36.4 Å². The van der Waals surface area contributed by atoms with Gasteiger partial charge in [0.05, 0.1) is 12.2 Å². The monoisotopic (exact) mass is 270 g/mol. The second kappa shape index (κ2) is 4.77. The van der Waals surface area contributed by atoms with Gasteiger partial charge in [-0.2, -0.15) is 0 Å². The van der Waals surface area contributed by atoms with Gasteiger partial charge in [-0.3, -0.25) is 4.79 Å². The highest BCUT2D eigenvalue weighted by atomic mass is 19.1. The van der Waals surface area contributed by atoms with E-state index in [1.165, 1.54) is 17.0 Å². The van der Waals surface area contributed by atoms with Crippen LogP contribution in [0.5, 0.6) is 0 Å². The van der Waals surface area contributed by atoms with Gasteiger partial charge in [-0.05, 0) is 23.8 Å². The van der Waals surface area contributed by atoms with Crippen molar-refractivity contribution < 1.29 is 14.4 Å². The second-order valence-corrected chi connectivity index (χ2v) is 4.49. The zero-order chi connectivity index (χ0) is 14.1. The molecule has 0 aromatic heterocycles. The number of benzene rings is 2. The Balaban J connectivity index is 2.00. The number of hydrogen-bond donors (Lipinski definition) is 1. The van der Waals surface area contributed by atoms with Crippen LogP contribution in [0.25, 0.3) is 0 Å². The first-order chi connectivity index (χ1) is 9.70. The van der Waals surface area contributed by atoms with Crippen LogP contribution >= 0.6 is 0 Å². The first-order valence-electron chi connectivity index (χ1n) is 6.08. The lowest BCUT2D eigenvalue weighted by Gasteiger charge is -2.16. The van der Waals surface area contributed by atoms with Gasteiger partial charge in [-0.15, -0.1) is 0 Å². The zero-order valence-electron chi connectivity index (χ0n) is 10.5. The molecule has 1 amide bonds. The van der Waals surface area contributed by atoms with Crippen molar-refractivity contribution in [2.75, 3.05) is 4.90 Å². The van der Waals surface area contributed by atoms with Gasteiger partial charge in [0.25, 0.3) is 5.91 Å². The average Bonchev–Trinajstić information content (AvgIpc) is 2.72. The van der Waals surface area contributed by atoms with Crippen LogP contribution in [0.4, 0.5) is 10.1 Å². The van der Waals surface area contributed by atoms with Gasteiger partial charge in [0.2, 0.25) is 0 Å². The number of halogens is 1. The average molecular weight is 270 g/mol. The molecule has 3 rings (SSSR count). The molecule has 2 aromatic rings. The summed E-state index contributed by atoms with van der Waals surface area (Å²) in [5.74, 6) is -0.739. The molecule has 0 unspecified atom stereocenters. The Hall–Kier alpha value is -2.69. The van der Waals surface area contributed by atoms with Crippen LogP contribution < -0.4 is 4.90 Å². The summed E-state index contributed by atoms with van der Waals surface area (Å²) in [6.45, 7) is 0.229. The maximum absolute atomic E-state index is 13.2. The van der Waals surface area contributed by atoms with Crippen LogP contribution in [0.3, 0.4) is 0 Å². The van der Waals surface area contributed by atoms with Crippen LogP contribution in [0, 0.1) is 5.82 Å². The van der Waals surface area contributed by atoms with E-state index < -0.39 is 5.91 Å². The molecular formula is C15H11FN2O2. The Labute approximate surface area is 114 Å². The summed E-state index contributed by atoms with van der Waals surface area (Å²) in [5.41, 5.74) is 1.93. The topological polar surface area (TPSA) is 52.9 Å². The van der Waals surface area contributed by atoms with Crippen molar-refractivity contribution in [1.82, 2.24) is 0 Å². The fraction of sp³-hybridized carbons (Fsp3) is 0.0667. The van der Waals surface area contributed by atoms with Gasteiger partial charge in [-0.25, -0.2) is 4.39 Å². The molecular weight excluding hydrogens is 259 g/mol. The number of rotatable bonds is 2. The Kier molecular flexibility index (Phi) is 2.95. The molecule has 2 aromatic carbocycles. The van der Waals surface area contributed by atoms with Crippen LogP contribution in [-0.2, 0) is 11.3 Å². The highest BCUT2D eigenvalue weighted by Gasteiger charge is 2.34. The quantitative estimate of drug-likeness (QED) is 0.673. The van der Waals surface area contributed by atoms with Crippen LogP contribution in [-0.4, -0.2) is 16.8 Å². The lowest BCUT2D eigenvalue weighted by molar-refractivity contribution is -0.112. The van der Waals surface area contributed by atoms with Gasteiger partial charge in [0.1, 0.15) is 5.82 Å². The smallest absolute Gasteiger partial charge is 0.281 e. The summed E-state index contributed by atoms with van der Waals surface area (Å²) in [6.07, 6.45) is 0. The molecule has 4 nitrogen and oxygen atoms in total.